The molecule has 0 unspecified atom stereocenters. The number of halogens is 1. The van der Waals surface area contributed by atoms with Gasteiger partial charge in [0.25, 0.3) is 0 Å². The van der Waals surface area contributed by atoms with Crippen LogP contribution < -0.4 is 0 Å². The Morgan fingerprint density at radius 2 is 1.62 bits per heavy atom. The van der Waals surface area contributed by atoms with Crippen LogP contribution in [0.4, 0.5) is 0 Å². The van der Waals surface area contributed by atoms with Crippen LogP contribution in [0.1, 0.15) is 18.1 Å². The molecule has 0 fully saturated rings. The van der Waals surface area contributed by atoms with Gasteiger partial charge in [-0.25, -0.2) is 0 Å². The zero-order chi connectivity index (χ0) is 11.4. The summed E-state index contributed by atoms with van der Waals surface area (Å²) in [5.74, 6) is 0. The maximum Gasteiger partial charge on any atom is 0.0181 e. The lowest BCUT2D eigenvalue weighted by atomic mass is 9.98. The molecule has 0 heterocycles. The molecular weight excluding hydrogens is 260 g/mol. The first-order valence-corrected chi connectivity index (χ1v) is 6.08. The molecule has 0 aliphatic rings. The van der Waals surface area contributed by atoms with Gasteiger partial charge in [0.05, 0.1) is 0 Å². The molecule has 80 valence electrons. The van der Waals surface area contributed by atoms with Crippen molar-refractivity contribution in [3.05, 3.63) is 76.3 Å². The van der Waals surface area contributed by atoms with E-state index >= 15 is 0 Å². The average molecular weight is 273 g/mol. The summed E-state index contributed by atoms with van der Waals surface area (Å²) in [6.45, 7) is 2.07. The number of hydrogen-bond acceptors (Lipinski definition) is 0. The minimum atomic E-state index is 1.11. The van der Waals surface area contributed by atoms with Crippen LogP contribution in [-0.4, -0.2) is 0 Å². The fourth-order valence-corrected chi connectivity index (χ4v) is 2.17. The van der Waals surface area contributed by atoms with Crippen molar-refractivity contribution in [3.63, 3.8) is 0 Å². The maximum atomic E-state index is 3.50. The van der Waals surface area contributed by atoms with Crippen LogP contribution in [0, 0.1) is 0 Å². The molecule has 0 atom stereocenters. The summed E-state index contributed by atoms with van der Waals surface area (Å²) < 4.78 is 1.11. The molecule has 0 nitrogen and oxygen atoms in total. The van der Waals surface area contributed by atoms with E-state index in [2.05, 4.69) is 71.4 Å². The Morgan fingerprint density at radius 3 is 2.25 bits per heavy atom. The van der Waals surface area contributed by atoms with Gasteiger partial charge < -0.3 is 0 Å². The van der Waals surface area contributed by atoms with E-state index in [4.69, 9.17) is 0 Å². The first-order valence-electron chi connectivity index (χ1n) is 5.29. The molecular formula is C15H13Br. The minimum Gasteiger partial charge on any atom is -0.0792 e. The molecule has 1 heteroatoms. The summed E-state index contributed by atoms with van der Waals surface area (Å²) in [6, 6.07) is 18.8. The van der Waals surface area contributed by atoms with Gasteiger partial charge in [0, 0.05) is 4.47 Å². The van der Waals surface area contributed by atoms with Gasteiger partial charge in [0.15, 0.2) is 0 Å². The molecule has 0 saturated carbocycles. The minimum absolute atomic E-state index is 1.11. The smallest absolute Gasteiger partial charge is 0.0181 e. The third-order valence-electron chi connectivity index (χ3n) is 2.51. The van der Waals surface area contributed by atoms with E-state index in [1.54, 1.807) is 0 Å². The van der Waals surface area contributed by atoms with E-state index in [1.807, 2.05) is 12.1 Å². The van der Waals surface area contributed by atoms with Gasteiger partial charge >= 0.3 is 0 Å². The molecule has 2 aromatic rings. The van der Waals surface area contributed by atoms with E-state index < -0.39 is 0 Å². The second kappa shape index (κ2) is 5.13. The summed E-state index contributed by atoms with van der Waals surface area (Å²) in [4.78, 5) is 0. The molecule has 0 aliphatic heterocycles. The Balaban J connectivity index is 2.46. The second-order valence-corrected chi connectivity index (χ2v) is 4.49. The van der Waals surface area contributed by atoms with E-state index in [9.17, 15) is 0 Å². The zero-order valence-electron chi connectivity index (χ0n) is 9.15. The van der Waals surface area contributed by atoms with E-state index in [1.165, 1.54) is 16.7 Å². The SMILES string of the molecule is C/C=C(/c1ccccc1)c1cccc(Br)c1. The van der Waals surface area contributed by atoms with Crippen LogP contribution in [0.2, 0.25) is 0 Å². The Kier molecular flexibility index (Phi) is 3.58. The molecule has 0 radical (unpaired) electrons. The lowest BCUT2D eigenvalue weighted by molar-refractivity contribution is 1.51. The summed E-state index contributed by atoms with van der Waals surface area (Å²) in [5.41, 5.74) is 3.76. The van der Waals surface area contributed by atoms with Gasteiger partial charge in [-0.15, -0.1) is 0 Å². The predicted molar refractivity (Wildman–Crippen MR) is 73.3 cm³/mol. The molecule has 0 bridgehead atoms. The van der Waals surface area contributed by atoms with Gasteiger partial charge in [0.1, 0.15) is 0 Å². The van der Waals surface area contributed by atoms with Gasteiger partial charge in [-0.1, -0.05) is 64.5 Å². The van der Waals surface area contributed by atoms with Crippen molar-refractivity contribution in [1.29, 1.82) is 0 Å². The normalized spacial score (nSPS) is 11.5. The zero-order valence-corrected chi connectivity index (χ0v) is 10.7. The summed E-state index contributed by atoms with van der Waals surface area (Å²) in [5, 5.41) is 0. The molecule has 0 amide bonds. The topological polar surface area (TPSA) is 0 Å². The standard InChI is InChI=1S/C15H13Br/c1-2-15(12-7-4-3-5-8-12)13-9-6-10-14(16)11-13/h2-11H,1H3/b15-2-. The summed E-state index contributed by atoms with van der Waals surface area (Å²) >= 11 is 3.50. The van der Waals surface area contributed by atoms with Crippen molar-refractivity contribution in [1.82, 2.24) is 0 Å². The van der Waals surface area contributed by atoms with Crippen molar-refractivity contribution < 1.29 is 0 Å². The van der Waals surface area contributed by atoms with Crippen LogP contribution >= 0.6 is 15.9 Å². The largest absolute Gasteiger partial charge is 0.0792 e. The third-order valence-corrected chi connectivity index (χ3v) is 3.00. The number of hydrogen-bond donors (Lipinski definition) is 0. The molecule has 0 aromatic heterocycles. The molecule has 0 N–H and O–H groups in total. The van der Waals surface area contributed by atoms with Crippen LogP contribution in [0.5, 0.6) is 0 Å². The highest BCUT2D eigenvalue weighted by molar-refractivity contribution is 9.10. The summed E-state index contributed by atoms with van der Waals surface area (Å²) in [6.07, 6.45) is 2.15. The van der Waals surface area contributed by atoms with Crippen molar-refractivity contribution in [2.45, 2.75) is 6.92 Å². The summed E-state index contributed by atoms with van der Waals surface area (Å²) in [7, 11) is 0. The Morgan fingerprint density at radius 1 is 0.938 bits per heavy atom. The highest BCUT2D eigenvalue weighted by atomic mass is 79.9. The van der Waals surface area contributed by atoms with E-state index in [0.29, 0.717) is 0 Å². The molecule has 16 heavy (non-hydrogen) atoms. The highest BCUT2D eigenvalue weighted by Crippen LogP contribution is 2.25. The van der Waals surface area contributed by atoms with Crippen molar-refractivity contribution in [2.75, 3.05) is 0 Å². The van der Waals surface area contributed by atoms with Crippen molar-refractivity contribution in [3.8, 4) is 0 Å². The Hall–Kier alpha value is -1.34. The van der Waals surface area contributed by atoms with Crippen molar-refractivity contribution in [2.24, 2.45) is 0 Å². The Labute approximate surface area is 105 Å². The van der Waals surface area contributed by atoms with Gasteiger partial charge in [-0.2, -0.15) is 0 Å². The lowest BCUT2D eigenvalue weighted by Gasteiger charge is -2.07. The average Bonchev–Trinajstić information content (AvgIpc) is 2.31. The van der Waals surface area contributed by atoms with Crippen LogP contribution in [0.25, 0.3) is 5.57 Å². The lowest BCUT2D eigenvalue weighted by Crippen LogP contribution is -1.86. The van der Waals surface area contributed by atoms with E-state index in [-0.39, 0.29) is 0 Å². The first-order chi connectivity index (χ1) is 7.81. The van der Waals surface area contributed by atoms with E-state index in [0.717, 1.165) is 4.47 Å². The number of rotatable bonds is 2. The molecule has 0 saturated heterocycles. The fraction of sp³-hybridized carbons (Fsp3) is 0.0667. The van der Waals surface area contributed by atoms with Gasteiger partial charge in [-0.05, 0) is 35.8 Å². The highest BCUT2D eigenvalue weighted by Gasteiger charge is 2.03. The quantitative estimate of drug-likeness (QED) is 0.730. The van der Waals surface area contributed by atoms with Crippen molar-refractivity contribution >= 4 is 21.5 Å². The predicted octanol–water partition coefficient (Wildman–Crippen LogP) is 4.90. The van der Waals surface area contributed by atoms with Crippen LogP contribution in [-0.2, 0) is 0 Å². The monoisotopic (exact) mass is 272 g/mol. The number of allylic oxidation sites excluding steroid dienone is 1. The number of benzene rings is 2. The molecule has 2 rings (SSSR count). The first kappa shape index (κ1) is 11.2. The second-order valence-electron chi connectivity index (χ2n) is 3.58. The van der Waals surface area contributed by atoms with Crippen LogP contribution in [0.15, 0.2) is 65.1 Å². The molecule has 2 aromatic carbocycles. The fourth-order valence-electron chi connectivity index (χ4n) is 1.77. The van der Waals surface area contributed by atoms with Gasteiger partial charge in [-0.3, -0.25) is 0 Å². The molecule has 0 aliphatic carbocycles. The Bertz CT molecular complexity index is 498. The third kappa shape index (κ3) is 2.42. The molecule has 0 spiro atoms. The van der Waals surface area contributed by atoms with Gasteiger partial charge in [0.2, 0.25) is 0 Å². The van der Waals surface area contributed by atoms with Crippen LogP contribution in [0.3, 0.4) is 0 Å². The maximum absolute atomic E-state index is 3.50.